The molecule has 7 nitrogen and oxygen atoms in total. The van der Waals surface area contributed by atoms with Crippen molar-refractivity contribution in [2.24, 2.45) is 5.92 Å². The van der Waals surface area contributed by atoms with Gasteiger partial charge in [-0.3, -0.25) is 9.89 Å². The quantitative estimate of drug-likeness (QED) is 0.655. The van der Waals surface area contributed by atoms with Crippen LogP contribution < -0.4 is 11.1 Å². The molecule has 0 bridgehead atoms. The molecule has 0 aliphatic heterocycles. The Balaban J connectivity index is 2.71. The molecule has 1 unspecified atom stereocenters. The highest BCUT2D eigenvalue weighted by atomic mass is 16.5. The molecule has 7 heteroatoms. The fourth-order valence-corrected chi connectivity index (χ4v) is 1.52. The van der Waals surface area contributed by atoms with Crippen molar-refractivity contribution in [2.45, 2.75) is 26.3 Å². The van der Waals surface area contributed by atoms with E-state index in [1.54, 1.807) is 0 Å². The van der Waals surface area contributed by atoms with Crippen LogP contribution in [0.25, 0.3) is 0 Å². The van der Waals surface area contributed by atoms with Gasteiger partial charge in [0.25, 0.3) is 5.91 Å². The number of anilines is 1. The van der Waals surface area contributed by atoms with E-state index >= 15 is 0 Å². The van der Waals surface area contributed by atoms with Gasteiger partial charge >= 0.3 is 5.97 Å². The number of aromatic nitrogens is 2. The first-order valence-corrected chi connectivity index (χ1v) is 5.63. The zero-order valence-electron chi connectivity index (χ0n) is 10.7. The zero-order chi connectivity index (χ0) is 13.7. The summed E-state index contributed by atoms with van der Waals surface area (Å²) in [6.45, 7) is 3.91. The van der Waals surface area contributed by atoms with E-state index in [0.29, 0.717) is 6.42 Å². The molecule has 1 rings (SSSR count). The molecule has 0 spiro atoms. The van der Waals surface area contributed by atoms with Crippen molar-refractivity contribution in [3.05, 3.63) is 11.8 Å². The SMILES string of the molecule is COC(=O)C(CC(C)C)NC(=O)c1cc(N)n[nH]1. The van der Waals surface area contributed by atoms with Gasteiger partial charge in [0.2, 0.25) is 0 Å². The Hall–Kier alpha value is -2.05. The molecule has 4 N–H and O–H groups in total. The molecule has 0 aliphatic carbocycles. The molecule has 0 saturated carbocycles. The largest absolute Gasteiger partial charge is 0.467 e. The monoisotopic (exact) mass is 254 g/mol. The van der Waals surface area contributed by atoms with Gasteiger partial charge in [0.1, 0.15) is 17.6 Å². The van der Waals surface area contributed by atoms with E-state index in [1.807, 2.05) is 13.8 Å². The summed E-state index contributed by atoms with van der Waals surface area (Å²) in [7, 11) is 1.29. The first kappa shape index (κ1) is 14.0. The Labute approximate surface area is 105 Å². The predicted molar refractivity (Wildman–Crippen MR) is 65.7 cm³/mol. The lowest BCUT2D eigenvalue weighted by Gasteiger charge is -2.17. The first-order valence-electron chi connectivity index (χ1n) is 5.63. The minimum Gasteiger partial charge on any atom is -0.467 e. The van der Waals surface area contributed by atoms with E-state index in [0.717, 1.165) is 0 Å². The number of H-pyrrole nitrogens is 1. The summed E-state index contributed by atoms with van der Waals surface area (Å²) in [5.41, 5.74) is 5.61. The number of amides is 1. The van der Waals surface area contributed by atoms with E-state index in [2.05, 4.69) is 20.3 Å². The van der Waals surface area contributed by atoms with Crippen LogP contribution in [-0.4, -0.2) is 35.2 Å². The minimum absolute atomic E-state index is 0.213. The van der Waals surface area contributed by atoms with Crippen LogP contribution in [0.1, 0.15) is 30.8 Å². The number of hydrogen-bond acceptors (Lipinski definition) is 5. The number of carbonyl (C=O) groups is 2. The summed E-state index contributed by atoms with van der Waals surface area (Å²) in [5, 5.41) is 8.72. The highest BCUT2D eigenvalue weighted by molar-refractivity contribution is 5.95. The molecule has 18 heavy (non-hydrogen) atoms. The summed E-state index contributed by atoms with van der Waals surface area (Å²) in [6.07, 6.45) is 0.502. The molecular formula is C11H18N4O3. The van der Waals surface area contributed by atoms with Gasteiger partial charge in [-0.15, -0.1) is 0 Å². The number of nitrogens with zero attached hydrogens (tertiary/aromatic N) is 1. The number of methoxy groups -OCH3 is 1. The van der Waals surface area contributed by atoms with Gasteiger partial charge in [-0.2, -0.15) is 5.10 Å². The van der Waals surface area contributed by atoms with E-state index in [9.17, 15) is 9.59 Å². The lowest BCUT2D eigenvalue weighted by molar-refractivity contribution is -0.143. The Morgan fingerprint density at radius 3 is 2.67 bits per heavy atom. The van der Waals surface area contributed by atoms with Crippen molar-refractivity contribution in [2.75, 3.05) is 12.8 Å². The topological polar surface area (TPSA) is 110 Å². The standard InChI is InChI=1S/C11H18N4O3/c1-6(2)4-8(11(17)18-3)13-10(16)7-5-9(12)15-14-7/h5-6,8H,4H2,1-3H3,(H,13,16)(H3,12,14,15). The zero-order valence-corrected chi connectivity index (χ0v) is 10.7. The molecule has 100 valence electrons. The fraction of sp³-hybridized carbons (Fsp3) is 0.545. The smallest absolute Gasteiger partial charge is 0.328 e. The Kier molecular flexibility index (Phi) is 4.70. The van der Waals surface area contributed by atoms with Crippen LogP contribution >= 0.6 is 0 Å². The number of carbonyl (C=O) groups excluding carboxylic acids is 2. The van der Waals surface area contributed by atoms with Gasteiger partial charge in [-0.25, -0.2) is 4.79 Å². The first-order chi connectivity index (χ1) is 8.43. The number of nitrogen functional groups attached to an aromatic ring is 1. The van der Waals surface area contributed by atoms with Crippen molar-refractivity contribution >= 4 is 17.7 Å². The lowest BCUT2D eigenvalue weighted by Crippen LogP contribution is -2.42. The second-order valence-electron chi connectivity index (χ2n) is 4.39. The maximum atomic E-state index is 11.8. The Morgan fingerprint density at radius 1 is 1.56 bits per heavy atom. The van der Waals surface area contributed by atoms with Crippen LogP contribution in [0.4, 0.5) is 5.82 Å². The molecule has 0 fully saturated rings. The summed E-state index contributed by atoms with van der Waals surface area (Å²) in [4.78, 5) is 23.4. The molecule has 1 atom stereocenters. The average molecular weight is 254 g/mol. The molecule has 0 aliphatic rings. The van der Waals surface area contributed by atoms with E-state index in [-0.39, 0.29) is 17.4 Å². The minimum atomic E-state index is -0.674. The molecule has 1 amide bonds. The van der Waals surface area contributed by atoms with Crippen LogP contribution in [0.15, 0.2) is 6.07 Å². The number of nitrogens with one attached hydrogen (secondary N) is 2. The van der Waals surface area contributed by atoms with Gasteiger partial charge in [0.15, 0.2) is 0 Å². The van der Waals surface area contributed by atoms with Crippen LogP contribution in [0.2, 0.25) is 0 Å². The molecule has 1 heterocycles. The second-order valence-corrected chi connectivity index (χ2v) is 4.39. The van der Waals surface area contributed by atoms with Crippen LogP contribution in [-0.2, 0) is 9.53 Å². The van der Waals surface area contributed by atoms with Gasteiger partial charge in [0, 0.05) is 6.07 Å². The van der Waals surface area contributed by atoms with Crippen molar-refractivity contribution in [1.29, 1.82) is 0 Å². The molecule has 0 aromatic carbocycles. The molecular weight excluding hydrogens is 236 g/mol. The third kappa shape index (κ3) is 3.76. The van der Waals surface area contributed by atoms with E-state index in [4.69, 9.17) is 5.73 Å². The van der Waals surface area contributed by atoms with Crippen LogP contribution in [0.3, 0.4) is 0 Å². The van der Waals surface area contributed by atoms with Gasteiger partial charge < -0.3 is 15.8 Å². The number of ether oxygens (including phenoxy) is 1. The maximum absolute atomic E-state index is 11.8. The molecule has 0 saturated heterocycles. The van der Waals surface area contributed by atoms with Crippen molar-refractivity contribution in [3.63, 3.8) is 0 Å². The van der Waals surface area contributed by atoms with Crippen LogP contribution in [0, 0.1) is 5.92 Å². The summed E-state index contributed by atoms with van der Waals surface area (Å²) in [5.74, 6) is -0.431. The van der Waals surface area contributed by atoms with Crippen molar-refractivity contribution < 1.29 is 14.3 Å². The predicted octanol–water partition coefficient (Wildman–Crippen LogP) is 0.309. The summed E-state index contributed by atoms with van der Waals surface area (Å²) < 4.78 is 4.65. The molecule has 1 aromatic heterocycles. The molecule has 0 radical (unpaired) electrons. The third-order valence-electron chi connectivity index (χ3n) is 2.34. The van der Waals surface area contributed by atoms with Gasteiger partial charge in [-0.1, -0.05) is 13.8 Å². The fourth-order valence-electron chi connectivity index (χ4n) is 1.52. The van der Waals surface area contributed by atoms with Crippen LogP contribution in [0.5, 0.6) is 0 Å². The van der Waals surface area contributed by atoms with E-state index in [1.165, 1.54) is 13.2 Å². The van der Waals surface area contributed by atoms with Crippen molar-refractivity contribution in [3.8, 4) is 0 Å². The number of aromatic amines is 1. The second kappa shape index (κ2) is 6.04. The highest BCUT2D eigenvalue weighted by Gasteiger charge is 2.23. The van der Waals surface area contributed by atoms with Crippen molar-refractivity contribution in [1.82, 2.24) is 15.5 Å². The number of nitrogens with two attached hydrogens (primary N) is 1. The Bertz CT molecular complexity index is 428. The summed E-state index contributed by atoms with van der Waals surface area (Å²) >= 11 is 0. The normalized spacial score (nSPS) is 12.2. The summed E-state index contributed by atoms with van der Waals surface area (Å²) in [6, 6.07) is 0.728. The third-order valence-corrected chi connectivity index (χ3v) is 2.34. The average Bonchev–Trinajstić information content (AvgIpc) is 2.73. The molecule has 1 aromatic rings. The van der Waals surface area contributed by atoms with Gasteiger partial charge in [0.05, 0.1) is 7.11 Å². The highest BCUT2D eigenvalue weighted by Crippen LogP contribution is 2.08. The number of hydrogen-bond donors (Lipinski definition) is 3. The maximum Gasteiger partial charge on any atom is 0.328 e. The number of esters is 1. The van der Waals surface area contributed by atoms with Gasteiger partial charge in [-0.05, 0) is 12.3 Å². The van der Waals surface area contributed by atoms with E-state index < -0.39 is 17.9 Å². The lowest BCUT2D eigenvalue weighted by atomic mass is 10.0. The Morgan fingerprint density at radius 2 is 2.22 bits per heavy atom. The number of rotatable bonds is 5.